The minimum absolute atomic E-state index is 0.489. The van der Waals surface area contributed by atoms with Crippen LogP contribution < -0.4 is 0 Å². The monoisotopic (exact) mass is 795 g/mol. The summed E-state index contributed by atoms with van der Waals surface area (Å²) in [5.41, 5.74) is 20.7. The quantitative estimate of drug-likeness (QED) is 0.102. The Morgan fingerprint density at radius 1 is 0.444 bits per heavy atom. The third-order valence-electron chi connectivity index (χ3n) is 11.9. The first-order valence-electron chi connectivity index (χ1n) is 20.4. The summed E-state index contributed by atoms with van der Waals surface area (Å²) in [7, 11) is 0. The topological polar surface area (TPSA) is 0 Å². The van der Waals surface area contributed by atoms with Crippen LogP contribution in [0.5, 0.6) is 0 Å². The van der Waals surface area contributed by atoms with Gasteiger partial charge in [0, 0.05) is 0 Å². The fourth-order valence-electron chi connectivity index (χ4n) is 9.32. The standard InChI is InChI=1S/2C25H23.C2H7Si.Zr/c2*1-2-3-10-20-13-7-8-15-23(20)24-16-9-14-21-17-22(18-25(21)24)19-11-5-4-6-12-19;1-3-2;/h2*4-9,11-18H,2-3,10H2,1H3;3H,1-2H3;. The molecule has 2 aliphatic rings. The van der Waals surface area contributed by atoms with E-state index in [9.17, 15) is 0 Å². The van der Waals surface area contributed by atoms with Crippen molar-refractivity contribution >= 4 is 29.2 Å². The van der Waals surface area contributed by atoms with Crippen LogP contribution in [0, 0.1) is 0 Å². The van der Waals surface area contributed by atoms with E-state index in [0.29, 0.717) is 7.25 Å². The predicted octanol–water partition coefficient (Wildman–Crippen LogP) is 14.2. The van der Waals surface area contributed by atoms with Crippen LogP contribution in [0.2, 0.25) is 13.1 Å². The predicted molar refractivity (Wildman–Crippen MR) is 234 cm³/mol. The fourth-order valence-corrected chi connectivity index (χ4v) is 31.6. The molecule has 54 heavy (non-hydrogen) atoms. The number of benzene rings is 6. The van der Waals surface area contributed by atoms with E-state index in [-0.39, 0.29) is 0 Å². The van der Waals surface area contributed by atoms with Crippen molar-refractivity contribution in [2.75, 3.05) is 0 Å². The van der Waals surface area contributed by atoms with Gasteiger partial charge in [0.25, 0.3) is 0 Å². The van der Waals surface area contributed by atoms with E-state index in [1.54, 1.807) is 22.3 Å². The molecule has 2 atom stereocenters. The molecule has 0 saturated heterocycles. The zero-order chi connectivity index (χ0) is 37.0. The Balaban J connectivity index is 1.34. The van der Waals surface area contributed by atoms with Crippen LogP contribution >= 0.6 is 0 Å². The van der Waals surface area contributed by atoms with Gasteiger partial charge in [-0.15, -0.1) is 0 Å². The Morgan fingerprint density at radius 3 is 1.24 bits per heavy atom. The van der Waals surface area contributed by atoms with Crippen molar-refractivity contribution in [3.63, 3.8) is 0 Å². The first kappa shape index (κ1) is 36.9. The molecular weight excluding hydrogens is 744 g/mol. The van der Waals surface area contributed by atoms with Gasteiger partial charge in [-0.2, -0.15) is 0 Å². The molecule has 0 N–H and O–H groups in total. The summed E-state index contributed by atoms with van der Waals surface area (Å²) < 4.78 is 0.977. The van der Waals surface area contributed by atoms with E-state index >= 15 is 0 Å². The zero-order valence-electron chi connectivity index (χ0n) is 32.5. The Hall–Kier alpha value is -4.10. The third-order valence-corrected chi connectivity index (χ3v) is 33.3. The number of allylic oxidation sites excluding steroid dienone is 2. The van der Waals surface area contributed by atoms with Gasteiger partial charge >= 0.3 is 335 Å². The molecule has 2 aliphatic carbocycles. The van der Waals surface area contributed by atoms with Gasteiger partial charge in [-0.05, 0) is 0 Å². The summed E-state index contributed by atoms with van der Waals surface area (Å²) >= 11 is -2.50. The molecule has 2 heteroatoms. The van der Waals surface area contributed by atoms with Crippen LogP contribution in [0.4, 0.5) is 0 Å². The fraction of sp³-hybridized carbons (Fsp3) is 0.231. The van der Waals surface area contributed by atoms with Gasteiger partial charge < -0.3 is 0 Å². The van der Waals surface area contributed by atoms with Crippen molar-refractivity contribution in [1.29, 1.82) is 0 Å². The third kappa shape index (κ3) is 7.09. The molecule has 6 aromatic carbocycles. The molecule has 0 aromatic heterocycles. The van der Waals surface area contributed by atoms with Gasteiger partial charge in [-0.3, -0.25) is 0 Å². The number of hydrogen-bond donors (Lipinski definition) is 0. The van der Waals surface area contributed by atoms with Crippen LogP contribution in [0.1, 0.15) is 91.3 Å². The van der Waals surface area contributed by atoms with Crippen LogP contribution in [-0.4, -0.2) is 5.92 Å². The summed E-state index contributed by atoms with van der Waals surface area (Å²) in [6.45, 7) is 10.0. The van der Waals surface area contributed by atoms with Gasteiger partial charge in [-0.1, -0.05) is 0 Å². The van der Waals surface area contributed by atoms with E-state index in [2.05, 4.69) is 185 Å². The van der Waals surface area contributed by atoms with Gasteiger partial charge in [0.05, 0.1) is 0 Å². The molecule has 0 aliphatic heterocycles. The molecule has 269 valence electrons. The molecule has 8 rings (SSSR count). The first-order chi connectivity index (χ1) is 26.6. The molecule has 0 bridgehead atoms. The second kappa shape index (κ2) is 16.7. The van der Waals surface area contributed by atoms with E-state index in [4.69, 9.17) is 0 Å². The van der Waals surface area contributed by atoms with Crippen LogP contribution in [0.15, 0.2) is 146 Å². The summed E-state index contributed by atoms with van der Waals surface area (Å²) in [5.74, 6) is -1.15. The SMILES string of the molecule is CCCCc1ccccc1-c1cccc2c1C=C(c1ccccc1)[CH]2[Zr]([CH]1C(c2ccccc2)=Cc2c(-c3ccccc3CCCC)cccc21)[SiH](C)C. The molecule has 0 amide bonds. The summed E-state index contributed by atoms with van der Waals surface area (Å²) in [6.07, 6.45) is 12.4. The number of hydrogen-bond acceptors (Lipinski definition) is 0. The molecule has 0 radical (unpaired) electrons. The van der Waals surface area contributed by atoms with Crippen molar-refractivity contribution < 1.29 is 20.9 Å². The maximum absolute atomic E-state index is 2.70. The zero-order valence-corrected chi connectivity index (χ0v) is 36.1. The molecule has 0 heterocycles. The van der Waals surface area contributed by atoms with E-state index in [1.165, 1.54) is 81.3 Å². The van der Waals surface area contributed by atoms with Gasteiger partial charge in [0.2, 0.25) is 0 Å². The van der Waals surface area contributed by atoms with E-state index < -0.39 is 26.8 Å². The summed E-state index contributed by atoms with van der Waals surface area (Å²) in [5, 5.41) is 0. The van der Waals surface area contributed by atoms with Crippen molar-refractivity contribution in [3.8, 4) is 22.3 Å². The van der Waals surface area contributed by atoms with Crippen molar-refractivity contribution in [1.82, 2.24) is 0 Å². The normalized spacial score (nSPS) is 15.9. The Morgan fingerprint density at radius 2 is 0.833 bits per heavy atom. The second-order valence-corrected chi connectivity index (χ2v) is 35.7. The molecule has 6 aromatic rings. The van der Waals surface area contributed by atoms with Crippen LogP contribution in [0.3, 0.4) is 0 Å². The molecule has 0 saturated carbocycles. The number of unbranched alkanes of at least 4 members (excludes halogenated alkanes) is 2. The van der Waals surface area contributed by atoms with Crippen molar-refractivity contribution in [3.05, 3.63) is 190 Å². The molecule has 2 unspecified atom stereocenters. The van der Waals surface area contributed by atoms with Gasteiger partial charge in [-0.25, -0.2) is 0 Å². The Bertz CT molecular complexity index is 2140. The van der Waals surface area contributed by atoms with Crippen LogP contribution in [0.25, 0.3) is 45.6 Å². The van der Waals surface area contributed by atoms with E-state index in [0.717, 1.165) is 12.8 Å². The number of fused-ring (bicyclic) bond motifs is 2. The van der Waals surface area contributed by atoms with Crippen LogP contribution in [-0.2, 0) is 33.8 Å². The van der Waals surface area contributed by atoms with Crippen molar-refractivity contribution in [2.45, 2.75) is 72.7 Å². The Kier molecular flexibility index (Phi) is 11.4. The average Bonchev–Trinajstić information content (AvgIpc) is 3.80. The number of rotatable bonds is 13. The van der Waals surface area contributed by atoms with E-state index in [1.807, 2.05) is 0 Å². The van der Waals surface area contributed by atoms with Gasteiger partial charge in [0.15, 0.2) is 0 Å². The average molecular weight is 797 g/mol. The molecule has 0 spiro atoms. The van der Waals surface area contributed by atoms with Gasteiger partial charge in [0.1, 0.15) is 0 Å². The molecule has 0 fully saturated rings. The summed E-state index contributed by atoms with van der Waals surface area (Å²) in [4.78, 5) is 0. The molecule has 0 nitrogen and oxygen atoms in total. The summed E-state index contributed by atoms with van der Waals surface area (Å²) in [6, 6.07) is 55.9. The minimum atomic E-state index is -2.50. The number of aryl methyl sites for hydroxylation is 2. The first-order valence-corrected chi connectivity index (χ1v) is 30.4. The van der Waals surface area contributed by atoms with Crippen molar-refractivity contribution in [2.24, 2.45) is 0 Å². The molecular formula is C52H53SiZr. The second-order valence-electron chi connectivity index (χ2n) is 15.6. The maximum atomic E-state index is 2.70. The Labute approximate surface area is 333 Å².